The average Bonchev–Trinajstić information content (AvgIpc) is 2.17. The van der Waals surface area contributed by atoms with Crippen molar-refractivity contribution < 1.29 is 4.79 Å². The molecule has 1 rings (SSSR count). The Hall–Kier alpha value is -1.34. The molecule has 0 aliphatic rings. The molecule has 0 radical (unpaired) electrons. The number of pyridine rings is 1. The van der Waals surface area contributed by atoms with Crippen LogP contribution >= 0.6 is 15.9 Å². The molecule has 4 heteroatoms. The van der Waals surface area contributed by atoms with Gasteiger partial charge in [0.15, 0.2) is 0 Å². The Morgan fingerprint density at radius 1 is 1.79 bits per heavy atom. The molecule has 0 saturated carbocycles. The van der Waals surface area contributed by atoms with Crippen molar-refractivity contribution in [1.29, 1.82) is 0 Å². The third-order valence-corrected chi connectivity index (χ3v) is 2.08. The van der Waals surface area contributed by atoms with Crippen LogP contribution in [0.2, 0.25) is 0 Å². The van der Waals surface area contributed by atoms with Gasteiger partial charge in [-0.1, -0.05) is 5.92 Å². The highest BCUT2D eigenvalue weighted by molar-refractivity contribution is 9.10. The van der Waals surface area contributed by atoms with Crippen molar-refractivity contribution in [2.24, 2.45) is 0 Å². The number of nitrogens with zero attached hydrogens (tertiary/aromatic N) is 2. The summed E-state index contributed by atoms with van der Waals surface area (Å²) in [6.45, 7) is 0.304. The average molecular weight is 253 g/mol. The molecule has 0 N–H and O–H groups in total. The maximum absolute atomic E-state index is 11.7. The Kier molecular flexibility index (Phi) is 3.66. The molecule has 1 aromatic rings. The van der Waals surface area contributed by atoms with Crippen molar-refractivity contribution in [2.75, 3.05) is 13.6 Å². The normalized spacial score (nSPS) is 9.21. The van der Waals surface area contributed by atoms with Gasteiger partial charge in [-0.05, 0) is 28.1 Å². The molecule has 3 nitrogen and oxygen atoms in total. The molecule has 0 unspecified atom stereocenters. The summed E-state index contributed by atoms with van der Waals surface area (Å²) >= 11 is 3.20. The number of rotatable bonds is 2. The van der Waals surface area contributed by atoms with E-state index in [9.17, 15) is 4.79 Å². The minimum Gasteiger partial charge on any atom is -0.331 e. The van der Waals surface area contributed by atoms with E-state index in [0.717, 1.165) is 0 Å². The molecule has 0 atom stereocenters. The maximum atomic E-state index is 11.7. The standard InChI is InChI=1S/C10H9BrN2O/c1-3-6-13(2)10(14)8-4-5-12-9(11)7-8/h1,4-5,7H,6H2,2H3. The first kappa shape index (κ1) is 10.7. The Labute approximate surface area is 91.3 Å². The zero-order valence-corrected chi connectivity index (χ0v) is 9.28. The number of carbonyl (C=O) groups is 1. The van der Waals surface area contributed by atoms with Crippen molar-refractivity contribution in [1.82, 2.24) is 9.88 Å². The smallest absolute Gasteiger partial charge is 0.254 e. The van der Waals surface area contributed by atoms with Crippen molar-refractivity contribution in [2.45, 2.75) is 0 Å². The van der Waals surface area contributed by atoms with Crippen LogP contribution in [0.1, 0.15) is 10.4 Å². The molecule has 0 bridgehead atoms. The van der Waals surface area contributed by atoms with E-state index in [1.165, 1.54) is 4.90 Å². The third-order valence-electron chi connectivity index (χ3n) is 1.65. The van der Waals surface area contributed by atoms with Gasteiger partial charge in [0.25, 0.3) is 5.91 Å². The zero-order chi connectivity index (χ0) is 10.6. The highest BCUT2D eigenvalue weighted by Crippen LogP contribution is 2.09. The molecule has 1 amide bonds. The number of hydrogen-bond acceptors (Lipinski definition) is 2. The molecule has 1 heterocycles. The molecule has 14 heavy (non-hydrogen) atoms. The summed E-state index contributed by atoms with van der Waals surface area (Å²) in [5.74, 6) is 2.30. The summed E-state index contributed by atoms with van der Waals surface area (Å²) in [5.41, 5.74) is 0.574. The minimum atomic E-state index is -0.106. The van der Waals surface area contributed by atoms with Crippen LogP contribution in [0.3, 0.4) is 0 Å². The van der Waals surface area contributed by atoms with Crippen LogP contribution in [0, 0.1) is 12.3 Å². The van der Waals surface area contributed by atoms with Gasteiger partial charge in [0, 0.05) is 18.8 Å². The number of carbonyl (C=O) groups excluding carboxylic acids is 1. The van der Waals surface area contributed by atoms with E-state index in [4.69, 9.17) is 6.42 Å². The van der Waals surface area contributed by atoms with Gasteiger partial charge >= 0.3 is 0 Å². The first-order valence-electron chi connectivity index (χ1n) is 3.95. The number of terminal acetylenes is 1. The van der Waals surface area contributed by atoms with E-state index < -0.39 is 0 Å². The number of aromatic nitrogens is 1. The number of amides is 1. The number of hydrogen-bond donors (Lipinski definition) is 0. The lowest BCUT2D eigenvalue weighted by atomic mass is 10.2. The van der Waals surface area contributed by atoms with Gasteiger partial charge in [-0.3, -0.25) is 4.79 Å². The SMILES string of the molecule is C#CCN(C)C(=O)c1ccnc(Br)c1. The molecule has 0 fully saturated rings. The van der Waals surface area contributed by atoms with Gasteiger partial charge in [-0.15, -0.1) is 6.42 Å². The van der Waals surface area contributed by atoms with Crippen LogP contribution in [0.25, 0.3) is 0 Å². The lowest BCUT2D eigenvalue weighted by Gasteiger charge is -2.13. The van der Waals surface area contributed by atoms with Crippen molar-refractivity contribution >= 4 is 21.8 Å². The fourth-order valence-corrected chi connectivity index (χ4v) is 1.33. The highest BCUT2D eigenvalue weighted by atomic mass is 79.9. The summed E-state index contributed by atoms with van der Waals surface area (Å²) < 4.78 is 0.637. The minimum absolute atomic E-state index is 0.106. The van der Waals surface area contributed by atoms with E-state index in [1.807, 2.05) is 0 Å². The maximum Gasteiger partial charge on any atom is 0.254 e. The summed E-state index contributed by atoms with van der Waals surface area (Å²) in [5, 5.41) is 0. The first-order chi connectivity index (χ1) is 6.65. The number of halogens is 1. The van der Waals surface area contributed by atoms with Gasteiger partial charge in [0.05, 0.1) is 6.54 Å². The summed E-state index contributed by atoms with van der Waals surface area (Å²) in [6.07, 6.45) is 6.68. The topological polar surface area (TPSA) is 33.2 Å². The van der Waals surface area contributed by atoms with E-state index in [1.54, 1.807) is 25.4 Å². The Bertz CT molecular complexity index is 384. The second kappa shape index (κ2) is 4.77. The fourth-order valence-electron chi connectivity index (χ4n) is 0.965. The molecular weight excluding hydrogens is 244 g/mol. The van der Waals surface area contributed by atoms with Crippen LogP contribution in [-0.4, -0.2) is 29.4 Å². The summed E-state index contributed by atoms with van der Waals surface area (Å²) in [7, 11) is 1.66. The molecule has 0 saturated heterocycles. The third kappa shape index (κ3) is 2.57. The van der Waals surface area contributed by atoms with Gasteiger partial charge in [0.1, 0.15) is 4.60 Å². The predicted octanol–water partition coefficient (Wildman–Crippen LogP) is 1.55. The molecule has 1 aromatic heterocycles. The van der Waals surface area contributed by atoms with Crippen molar-refractivity contribution in [3.05, 3.63) is 28.5 Å². The van der Waals surface area contributed by atoms with Gasteiger partial charge in [0.2, 0.25) is 0 Å². The molecule has 72 valence electrons. The molecule has 0 aromatic carbocycles. The van der Waals surface area contributed by atoms with Crippen molar-refractivity contribution in [3.8, 4) is 12.3 Å². The largest absolute Gasteiger partial charge is 0.331 e. The lowest BCUT2D eigenvalue weighted by molar-refractivity contribution is 0.0812. The van der Waals surface area contributed by atoms with Gasteiger partial charge in [-0.2, -0.15) is 0 Å². The Balaban J connectivity index is 2.85. The molecule has 0 aliphatic heterocycles. The second-order valence-electron chi connectivity index (χ2n) is 2.73. The van der Waals surface area contributed by atoms with Crippen LogP contribution < -0.4 is 0 Å². The van der Waals surface area contributed by atoms with E-state index in [2.05, 4.69) is 26.8 Å². The van der Waals surface area contributed by atoms with Crippen LogP contribution in [0.5, 0.6) is 0 Å². The molecule has 0 aliphatic carbocycles. The summed E-state index contributed by atoms with van der Waals surface area (Å²) in [6, 6.07) is 3.31. The fraction of sp³-hybridized carbons (Fsp3) is 0.200. The van der Waals surface area contributed by atoms with E-state index >= 15 is 0 Å². The summed E-state index contributed by atoms with van der Waals surface area (Å²) in [4.78, 5) is 17.1. The Morgan fingerprint density at radius 3 is 3.07 bits per heavy atom. The lowest BCUT2D eigenvalue weighted by Crippen LogP contribution is -2.26. The Morgan fingerprint density at radius 2 is 2.50 bits per heavy atom. The highest BCUT2D eigenvalue weighted by Gasteiger charge is 2.10. The van der Waals surface area contributed by atoms with Crippen molar-refractivity contribution in [3.63, 3.8) is 0 Å². The van der Waals surface area contributed by atoms with E-state index in [-0.39, 0.29) is 5.91 Å². The predicted molar refractivity (Wildman–Crippen MR) is 57.7 cm³/mol. The second-order valence-corrected chi connectivity index (χ2v) is 3.55. The van der Waals surface area contributed by atoms with Crippen LogP contribution in [-0.2, 0) is 0 Å². The van der Waals surface area contributed by atoms with Crippen LogP contribution in [0.4, 0.5) is 0 Å². The molecular formula is C10H9BrN2O. The first-order valence-corrected chi connectivity index (χ1v) is 4.75. The quantitative estimate of drug-likeness (QED) is 0.591. The van der Waals surface area contributed by atoms with Gasteiger partial charge < -0.3 is 4.90 Å². The molecule has 0 spiro atoms. The zero-order valence-electron chi connectivity index (χ0n) is 7.70. The van der Waals surface area contributed by atoms with Gasteiger partial charge in [-0.25, -0.2) is 4.98 Å². The van der Waals surface area contributed by atoms with E-state index in [0.29, 0.717) is 16.7 Å². The monoisotopic (exact) mass is 252 g/mol. The van der Waals surface area contributed by atoms with Crippen LogP contribution in [0.15, 0.2) is 22.9 Å².